The van der Waals surface area contributed by atoms with E-state index >= 15 is 0 Å². The number of carbonyl (C=O) groups excluding carboxylic acids is 1. The Balaban J connectivity index is 1.14. The van der Waals surface area contributed by atoms with Crippen LogP contribution in [0.25, 0.3) is 11.5 Å². The highest BCUT2D eigenvalue weighted by Gasteiger charge is 2.30. The van der Waals surface area contributed by atoms with Crippen molar-refractivity contribution in [2.45, 2.75) is 32.4 Å². The molecule has 0 unspecified atom stereocenters. The number of fused-ring (bicyclic) bond motifs is 1. The van der Waals surface area contributed by atoms with E-state index in [2.05, 4.69) is 44.3 Å². The van der Waals surface area contributed by atoms with Crippen LogP contribution in [0.4, 0.5) is 0 Å². The Morgan fingerprint density at radius 1 is 1.03 bits per heavy atom. The Morgan fingerprint density at radius 3 is 2.67 bits per heavy atom. The van der Waals surface area contributed by atoms with Gasteiger partial charge in [0.25, 0.3) is 0 Å². The Hall–Kier alpha value is -3.06. The average molecular weight is 403 g/mol. The molecule has 7 heteroatoms. The molecule has 2 aromatic heterocycles. The maximum atomic E-state index is 13.0. The second kappa shape index (κ2) is 8.36. The highest BCUT2D eigenvalue weighted by molar-refractivity contribution is 5.79. The van der Waals surface area contributed by atoms with E-state index in [0.717, 1.165) is 51.0 Å². The fraction of sp³-hybridized carbons (Fsp3) is 0.391. The van der Waals surface area contributed by atoms with Crippen LogP contribution >= 0.6 is 0 Å². The van der Waals surface area contributed by atoms with Gasteiger partial charge in [0.05, 0.1) is 12.1 Å². The number of pyridine rings is 1. The van der Waals surface area contributed by atoms with Crippen LogP contribution < -0.4 is 0 Å². The summed E-state index contributed by atoms with van der Waals surface area (Å²) in [5, 5.41) is 8.30. The molecule has 7 nitrogen and oxygen atoms in total. The summed E-state index contributed by atoms with van der Waals surface area (Å²) in [5.74, 6) is 1.51. The molecule has 1 aromatic carbocycles. The van der Waals surface area contributed by atoms with Crippen LogP contribution in [0, 0.1) is 5.92 Å². The van der Waals surface area contributed by atoms with Crippen molar-refractivity contribution in [1.29, 1.82) is 0 Å². The van der Waals surface area contributed by atoms with Gasteiger partial charge in [-0.15, -0.1) is 10.2 Å². The topological polar surface area (TPSA) is 75.4 Å². The van der Waals surface area contributed by atoms with E-state index in [4.69, 9.17) is 4.42 Å². The molecule has 5 rings (SSSR count). The van der Waals surface area contributed by atoms with E-state index < -0.39 is 0 Å². The predicted molar refractivity (Wildman–Crippen MR) is 111 cm³/mol. The average Bonchev–Trinajstić information content (AvgIpc) is 3.28. The third-order valence-corrected chi connectivity index (χ3v) is 6.11. The molecule has 0 radical (unpaired) electrons. The van der Waals surface area contributed by atoms with Crippen LogP contribution in [0.5, 0.6) is 0 Å². The molecule has 2 aliphatic rings. The second-order valence-corrected chi connectivity index (χ2v) is 8.07. The zero-order valence-electron chi connectivity index (χ0n) is 16.9. The van der Waals surface area contributed by atoms with Gasteiger partial charge in [0, 0.05) is 31.4 Å². The van der Waals surface area contributed by atoms with Gasteiger partial charge >= 0.3 is 0 Å². The SMILES string of the molecule is O=C(C1CCN(Cc2nnc(-c3cccnc3)o2)CC1)N1CCc2ccccc2C1. The summed E-state index contributed by atoms with van der Waals surface area (Å²) in [7, 11) is 0. The number of likely N-dealkylation sites (tertiary alicyclic amines) is 1. The van der Waals surface area contributed by atoms with Gasteiger partial charge in [-0.2, -0.15) is 0 Å². The molecule has 30 heavy (non-hydrogen) atoms. The van der Waals surface area contributed by atoms with Crippen LogP contribution in [-0.4, -0.2) is 50.5 Å². The van der Waals surface area contributed by atoms with Crippen molar-refractivity contribution >= 4 is 5.91 Å². The molecule has 0 spiro atoms. The maximum absolute atomic E-state index is 13.0. The normalized spacial score (nSPS) is 17.7. The van der Waals surface area contributed by atoms with Gasteiger partial charge < -0.3 is 9.32 Å². The molecule has 0 aliphatic carbocycles. The van der Waals surface area contributed by atoms with Crippen molar-refractivity contribution in [3.05, 3.63) is 65.8 Å². The number of nitrogens with zero attached hydrogens (tertiary/aromatic N) is 5. The summed E-state index contributed by atoms with van der Waals surface area (Å²) in [5.41, 5.74) is 3.49. The Labute approximate surface area is 175 Å². The van der Waals surface area contributed by atoms with Gasteiger partial charge in [-0.3, -0.25) is 14.7 Å². The van der Waals surface area contributed by atoms with Crippen LogP contribution in [0.15, 0.2) is 53.2 Å². The zero-order chi connectivity index (χ0) is 20.3. The number of benzene rings is 1. The minimum absolute atomic E-state index is 0.111. The maximum Gasteiger partial charge on any atom is 0.249 e. The van der Waals surface area contributed by atoms with Crippen LogP contribution in [-0.2, 0) is 24.3 Å². The molecule has 0 atom stereocenters. The number of hydrogen-bond acceptors (Lipinski definition) is 6. The minimum Gasteiger partial charge on any atom is -0.419 e. The summed E-state index contributed by atoms with van der Waals surface area (Å²) in [4.78, 5) is 21.5. The summed E-state index contributed by atoms with van der Waals surface area (Å²) >= 11 is 0. The predicted octanol–water partition coefficient (Wildman–Crippen LogP) is 2.93. The molecule has 2 aliphatic heterocycles. The van der Waals surface area contributed by atoms with Crippen LogP contribution in [0.2, 0.25) is 0 Å². The third-order valence-electron chi connectivity index (χ3n) is 6.11. The van der Waals surface area contributed by atoms with Crippen LogP contribution in [0.3, 0.4) is 0 Å². The van der Waals surface area contributed by atoms with Crippen molar-refractivity contribution in [3.8, 4) is 11.5 Å². The smallest absolute Gasteiger partial charge is 0.249 e. The Morgan fingerprint density at radius 2 is 1.87 bits per heavy atom. The summed E-state index contributed by atoms with van der Waals surface area (Å²) < 4.78 is 5.80. The van der Waals surface area contributed by atoms with Crippen molar-refractivity contribution < 1.29 is 9.21 Å². The molecule has 154 valence electrons. The molecule has 0 saturated carbocycles. The van der Waals surface area contributed by atoms with Crippen molar-refractivity contribution in [2.75, 3.05) is 19.6 Å². The number of amides is 1. The molecule has 4 heterocycles. The third kappa shape index (κ3) is 3.98. The van der Waals surface area contributed by atoms with Crippen molar-refractivity contribution in [1.82, 2.24) is 25.0 Å². The minimum atomic E-state index is 0.111. The lowest BCUT2D eigenvalue weighted by atomic mass is 9.93. The number of aromatic nitrogens is 3. The number of piperidine rings is 1. The molecule has 3 aromatic rings. The van der Waals surface area contributed by atoms with E-state index in [1.807, 2.05) is 17.0 Å². The number of carbonyl (C=O) groups is 1. The molecular formula is C23H25N5O2. The highest BCUT2D eigenvalue weighted by Crippen LogP contribution is 2.25. The van der Waals surface area contributed by atoms with Gasteiger partial charge in [-0.1, -0.05) is 24.3 Å². The van der Waals surface area contributed by atoms with E-state index in [1.54, 1.807) is 12.4 Å². The first-order valence-electron chi connectivity index (χ1n) is 10.6. The zero-order valence-corrected chi connectivity index (χ0v) is 16.9. The van der Waals surface area contributed by atoms with Gasteiger partial charge in [0.1, 0.15) is 0 Å². The lowest BCUT2D eigenvalue weighted by Crippen LogP contribution is -2.44. The van der Waals surface area contributed by atoms with Gasteiger partial charge in [0.2, 0.25) is 17.7 Å². The second-order valence-electron chi connectivity index (χ2n) is 8.07. The standard InChI is InChI=1S/C23H25N5O2/c29-23(28-13-9-17-4-1-2-5-20(17)15-28)18-7-11-27(12-8-18)16-21-25-26-22(30-21)19-6-3-10-24-14-19/h1-6,10,14,18H,7-9,11-13,15-16H2. The lowest BCUT2D eigenvalue weighted by molar-refractivity contribution is -0.138. The molecular weight excluding hydrogens is 378 g/mol. The first-order chi connectivity index (χ1) is 14.8. The van der Waals surface area contributed by atoms with Crippen molar-refractivity contribution in [2.24, 2.45) is 5.92 Å². The number of hydrogen-bond donors (Lipinski definition) is 0. The quantitative estimate of drug-likeness (QED) is 0.667. The van der Waals surface area contributed by atoms with Crippen LogP contribution in [0.1, 0.15) is 29.9 Å². The monoisotopic (exact) mass is 403 g/mol. The van der Waals surface area contributed by atoms with E-state index in [-0.39, 0.29) is 5.92 Å². The van der Waals surface area contributed by atoms with E-state index in [9.17, 15) is 4.79 Å². The van der Waals surface area contributed by atoms with E-state index in [0.29, 0.717) is 24.2 Å². The molecule has 1 saturated heterocycles. The van der Waals surface area contributed by atoms with Gasteiger partial charge in [-0.25, -0.2) is 0 Å². The van der Waals surface area contributed by atoms with E-state index in [1.165, 1.54) is 11.1 Å². The first-order valence-corrected chi connectivity index (χ1v) is 10.6. The lowest BCUT2D eigenvalue weighted by Gasteiger charge is -2.35. The molecule has 1 amide bonds. The molecule has 1 fully saturated rings. The Bertz CT molecular complexity index is 1010. The summed E-state index contributed by atoms with van der Waals surface area (Å²) in [6.07, 6.45) is 6.14. The van der Waals surface area contributed by atoms with Gasteiger partial charge in [0.15, 0.2) is 0 Å². The fourth-order valence-corrected chi connectivity index (χ4v) is 4.39. The largest absolute Gasteiger partial charge is 0.419 e. The first kappa shape index (κ1) is 18.9. The highest BCUT2D eigenvalue weighted by atomic mass is 16.4. The molecule has 0 bridgehead atoms. The fourth-order valence-electron chi connectivity index (χ4n) is 4.39. The Kier molecular flexibility index (Phi) is 5.27. The van der Waals surface area contributed by atoms with Gasteiger partial charge in [-0.05, 0) is 55.6 Å². The number of rotatable bonds is 4. The molecule has 0 N–H and O–H groups in total. The summed E-state index contributed by atoms with van der Waals surface area (Å²) in [6, 6.07) is 12.2. The summed E-state index contributed by atoms with van der Waals surface area (Å²) in [6.45, 7) is 3.92. The van der Waals surface area contributed by atoms with Crippen molar-refractivity contribution in [3.63, 3.8) is 0 Å².